The van der Waals surface area contributed by atoms with Gasteiger partial charge in [-0.1, -0.05) is 0 Å². The summed E-state index contributed by atoms with van der Waals surface area (Å²) in [4.78, 5) is 28.6. The second-order valence-electron chi connectivity index (χ2n) is 6.42. The molecule has 2 aliphatic rings. The van der Waals surface area contributed by atoms with Gasteiger partial charge in [-0.15, -0.1) is 0 Å². The predicted molar refractivity (Wildman–Crippen MR) is 79.1 cm³/mol. The zero-order valence-electron chi connectivity index (χ0n) is 13.3. The van der Waals surface area contributed by atoms with E-state index in [2.05, 4.69) is 4.98 Å². The van der Waals surface area contributed by atoms with E-state index in [4.69, 9.17) is 9.84 Å². The van der Waals surface area contributed by atoms with Crippen LogP contribution in [0.2, 0.25) is 0 Å². The summed E-state index contributed by atoms with van der Waals surface area (Å²) >= 11 is 0. The number of likely N-dealkylation sites (tertiary alicyclic amines) is 1. The van der Waals surface area contributed by atoms with Crippen LogP contribution in [-0.4, -0.2) is 52.2 Å². The normalized spacial score (nSPS) is 24.0. The molecule has 1 aromatic rings. The number of nitrogens with zero attached hydrogens (tertiary/aromatic N) is 2. The first-order chi connectivity index (χ1) is 11.7. The first kappa shape index (κ1) is 17.5. The molecule has 136 valence electrons. The fraction of sp³-hybridized carbons (Fsp3) is 0.562. The summed E-state index contributed by atoms with van der Waals surface area (Å²) in [6.45, 7) is -1.17. The van der Waals surface area contributed by atoms with Gasteiger partial charge in [0, 0.05) is 30.9 Å². The quantitative estimate of drug-likeness (QED) is 0.895. The Balaban J connectivity index is 1.75. The van der Waals surface area contributed by atoms with Gasteiger partial charge >= 0.3 is 12.1 Å². The monoisotopic (exact) mass is 358 g/mol. The zero-order chi connectivity index (χ0) is 18.2. The van der Waals surface area contributed by atoms with Crippen LogP contribution >= 0.6 is 0 Å². The van der Waals surface area contributed by atoms with Crippen molar-refractivity contribution in [2.45, 2.75) is 38.0 Å². The maximum atomic E-state index is 13.2. The highest BCUT2D eigenvalue weighted by Gasteiger charge is 2.64. The van der Waals surface area contributed by atoms with Crippen LogP contribution in [-0.2, 0) is 4.79 Å². The molecule has 1 aliphatic heterocycles. The van der Waals surface area contributed by atoms with E-state index in [0.29, 0.717) is 0 Å². The molecular formula is C16H17F3N2O4. The van der Waals surface area contributed by atoms with E-state index >= 15 is 0 Å². The molecule has 1 saturated heterocycles. The third-order valence-electron chi connectivity index (χ3n) is 4.83. The van der Waals surface area contributed by atoms with Gasteiger partial charge < -0.3 is 14.7 Å². The standard InChI is InChI=1S/C16H17F3N2O4/c17-16(18,19)15(14(23)24)5-7-21(9-15)13(22)10-4-6-20-12(8-10)25-11-2-1-3-11/h4,6,8,11H,1-3,5,7,9H2,(H,23,24). The Kier molecular flexibility index (Phi) is 4.34. The number of aliphatic carboxylic acids is 1. The Morgan fingerprint density at radius 2 is 2.08 bits per heavy atom. The molecule has 0 aromatic carbocycles. The van der Waals surface area contributed by atoms with Crippen molar-refractivity contribution in [3.63, 3.8) is 0 Å². The van der Waals surface area contributed by atoms with Crippen molar-refractivity contribution >= 4 is 11.9 Å². The highest BCUT2D eigenvalue weighted by molar-refractivity contribution is 5.95. The molecule has 1 unspecified atom stereocenters. The summed E-state index contributed by atoms with van der Waals surface area (Å²) in [5.41, 5.74) is -2.78. The molecule has 1 aromatic heterocycles. The van der Waals surface area contributed by atoms with Gasteiger partial charge in [-0.05, 0) is 31.7 Å². The number of carbonyl (C=O) groups excluding carboxylic acids is 1. The molecule has 1 saturated carbocycles. The average Bonchev–Trinajstić information content (AvgIpc) is 2.97. The summed E-state index contributed by atoms with van der Waals surface area (Å²) in [5, 5.41) is 9.06. The third kappa shape index (κ3) is 3.14. The smallest absolute Gasteiger partial charge is 0.406 e. The van der Waals surface area contributed by atoms with E-state index in [1.165, 1.54) is 18.3 Å². The number of rotatable bonds is 4. The summed E-state index contributed by atoms with van der Waals surface area (Å²) in [6.07, 6.45) is -1.32. The Hall–Kier alpha value is -2.32. The van der Waals surface area contributed by atoms with Gasteiger partial charge in [0.15, 0.2) is 5.41 Å². The summed E-state index contributed by atoms with van der Waals surface area (Å²) < 4.78 is 45.2. The molecular weight excluding hydrogens is 341 g/mol. The highest BCUT2D eigenvalue weighted by Crippen LogP contribution is 2.46. The van der Waals surface area contributed by atoms with Crippen molar-refractivity contribution in [1.82, 2.24) is 9.88 Å². The van der Waals surface area contributed by atoms with Gasteiger partial charge in [-0.2, -0.15) is 13.2 Å². The summed E-state index contributed by atoms with van der Waals surface area (Å²) in [7, 11) is 0. The van der Waals surface area contributed by atoms with Crippen molar-refractivity contribution in [3.05, 3.63) is 23.9 Å². The summed E-state index contributed by atoms with van der Waals surface area (Å²) in [6, 6.07) is 2.76. The number of carboxylic acid groups (broad SMARTS) is 1. The number of amides is 1. The van der Waals surface area contributed by atoms with Crippen LogP contribution in [0.4, 0.5) is 13.2 Å². The lowest BCUT2D eigenvalue weighted by Crippen LogP contribution is -2.47. The third-order valence-corrected chi connectivity index (χ3v) is 4.83. The number of hydrogen-bond acceptors (Lipinski definition) is 4. The van der Waals surface area contributed by atoms with Crippen molar-refractivity contribution in [2.24, 2.45) is 5.41 Å². The molecule has 6 nitrogen and oxygen atoms in total. The number of aromatic nitrogens is 1. The van der Waals surface area contributed by atoms with Crippen LogP contribution in [0.1, 0.15) is 36.0 Å². The lowest BCUT2D eigenvalue weighted by molar-refractivity contribution is -0.227. The Labute approximate surface area is 141 Å². The molecule has 1 N–H and O–H groups in total. The molecule has 2 fully saturated rings. The largest absolute Gasteiger partial charge is 0.481 e. The van der Waals surface area contributed by atoms with E-state index in [0.717, 1.165) is 24.2 Å². The molecule has 0 radical (unpaired) electrons. The van der Waals surface area contributed by atoms with E-state index in [9.17, 15) is 22.8 Å². The van der Waals surface area contributed by atoms with E-state index < -0.39 is 36.4 Å². The minimum atomic E-state index is -4.93. The first-order valence-electron chi connectivity index (χ1n) is 7.95. The SMILES string of the molecule is O=C(c1ccnc(OC2CCC2)c1)N1CCC(C(=O)O)(C(F)(F)F)C1. The zero-order valence-corrected chi connectivity index (χ0v) is 13.3. The molecule has 25 heavy (non-hydrogen) atoms. The molecule has 9 heteroatoms. The van der Waals surface area contributed by atoms with E-state index in [-0.39, 0.29) is 24.1 Å². The first-order valence-corrected chi connectivity index (χ1v) is 7.95. The molecule has 3 rings (SSSR count). The molecule has 0 spiro atoms. The molecule has 0 bridgehead atoms. The van der Waals surface area contributed by atoms with Gasteiger partial charge in [-0.3, -0.25) is 9.59 Å². The molecule has 1 atom stereocenters. The second kappa shape index (κ2) is 6.20. The van der Waals surface area contributed by atoms with Gasteiger partial charge in [0.05, 0.1) is 0 Å². The number of halogens is 3. The Morgan fingerprint density at radius 3 is 2.60 bits per heavy atom. The highest BCUT2D eigenvalue weighted by atomic mass is 19.4. The topological polar surface area (TPSA) is 79.7 Å². The fourth-order valence-corrected chi connectivity index (χ4v) is 2.96. The lowest BCUT2D eigenvalue weighted by Gasteiger charge is -2.27. The van der Waals surface area contributed by atoms with Crippen molar-refractivity contribution in [2.75, 3.05) is 13.1 Å². The maximum Gasteiger partial charge on any atom is 0.406 e. The maximum absolute atomic E-state index is 13.2. The molecule has 1 aliphatic carbocycles. The molecule has 2 heterocycles. The number of ether oxygens (including phenoxy) is 1. The van der Waals surface area contributed by atoms with Crippen molar-refractivity contribution in [3.8, 4) is 5.88 Å². The number of hydrogen-bond donors (Lipinski definition) is 1. The van der Waals surface area contributed by atoms with Crippen molar-refractivity contribution in [1.29, 1.82) is 0 Å². The average molecular weight is 358 g/mol. The van der Waals surface area contributed by atoms with Crippen LogP contribution in [0.3, 0.4) is 0 Å². The Morgan fingerprint density at radius 1 is 1.36 bits per heavy atom. The minimum absolute atomic E-state index is 0.0505. The lowest BCUT2D eigenvalue weighted by atomic mass is 9.86. The van der Waals surface area contributed by atoms with E-state index in [1.54, 1.807) is 0 Å². The van der Waals surface area contributed by atoms with Crippen LogP contribution in [0, 0.1) is 5.41 Å². The van der Waals surface area contributed by atoms with E-state index in [1.807, 2.05) is 0 Å². The predicted octanol–water partition coefficient (Wildman–Crippen LogP) is 2.49. The van der Waals surface area contributed by atoms with Gasteiger partial charge in [-0.25, -0.2) is 4.98 Å². The van der Waals surface area contributed by atoms with Crippen LogP contribution in [0.15, 0.2) is 18.3 Å². The van der Waals surface area contributed by atoms with Gasteiger partial charge in [0.25, 0.3) is 5.91 Å². The molecule has 1 amide bonds. The summed E-state index contributed by atoms with van der Waals surface area (Å²) in [5.74, 6) is -2.37. The minimum Gasteiger partial charge on any atom is -0.481 e. The fourth-order valence-electron chi connectivity index (χ4n) is 2.96. The van der Waals surface area contributed by atoms with Crippen LogP contribution in [0.25, 0.3) is 0 Å². The second-order valence-corrected chi connectivity index (χ2v) is 6.42. The number of alkyl halides is 3. The van der Waals surface area contributed by atoms with Gasteiger partial charge in [0.1, 0.15) is 6.10 Å². The Bertz CT molecular complexity index is 690. The number of carbonyl (C=O) groups is 2. The van der Waals surface area contributed by atoms with Crippen LogP contribution in [0.5, 0.6) is 5.88 Å². The van der Waals surface area contributed by atoms with Crippen LogP contribution < -0.4 is 4.74 Å². The number of carboxylic acids is 1. The number of pyridine rings is 1. The van der Waals surface area contributed by atoms with Crippen molar-refractivity contribution < 1.29 is 32.6 Å². The van der Waals surface area contributed by atoms with Gasteiger partial charge in [0.2, 0.25) is 5.88 Å².